The fraction of sp³-hybridized carbons (Fsp3) is 0.705. The van der Waals surface area contributed by atoms with Crippen molar-refractivity contribution >= 4 is 53.0 Å². The van der Waals surface area contributed by atoms with Gasteiger partial charge in [0.2, 0.25) is 41.4 Å². The van der Waals surface area contributed by atoms with Crippen LogP contribution in [-0.4, -0.2) is 138 Å². The largest absolute Gasteiger partial charge is 0.403 e. The summed E-state index contributed by atoms with van der Waals surface area (Å²) in [5.74, 6) is -4.75. The summed E-state index contributed by atoms with van der Waals surface area (Å²) in [7, 11) is 4.47. The van der Waals surface area contributed by atoms with Crippen LogP contribution < -0.4 is 16.0 Å². The number of likely N-dealkylation sites (N-methyl/N-ethyl adjacent to an activating group) is 3. The van der Waals surface area contributed by atoms with Crippen molar-refractivity contribution < 1.29 is 46.7 Å². The molecule has 6 atom stereocenters. The van der Waals surface area contributed by atoms with Crippen LogP contribution in [0.2, 0.25) is 5.02 Å². The van der Waals surface area contributed by atoms with Gasteiger partial charge in [-0.15, -0.1) is 0 Å². The molecule has 2 saturated heterocycles. The normalized spacial score (nSPS) is 25.3. The molecule has 3 aliphatic rings. The average Bonchev–Trinajstić information content (AvgIpc) is 3.72. The molecule has 14 nitrogen and oxygen atoms in total. The Kier molecular flexibility index (Phi) is 17.7. The molecule has 2 heterocycles. The number of halogens is 4. The number of likely N-dealkylation sites (tertiary alicyclic amines) is 1. The molecule has 62 heavy (non-hydrogen) atoms. The second-order valence-corrected chi connectivity index (χ2v) is 18.1. The van der Waals surface area contributed by atoms with Gasteiger partial charge in [0.1, 0.15) is 41.7 Å². The fourth-order valence-corrected chi connectivity index (χ4v) is 9.20. The minimum absolute atomic E-state index is 0.0173. The summed E-state index contributed by atoms with van der Waals surface area (Å²) in [4.78, 5) is 103. The molecule has 1 aliphatic carbocycles. The molecule has 1 aromatic rings. The van der Waals surface area contributed by atoms with Gasteiger partial charge >= 0.3 is 6.18 Å². The quantitative estimate of drug-likeness (QED) is 0.308. The molecular formula is C44H65ClF3N7O7. The van der Waals surface area contributed by atoms with E-state index in [4.69, 9.17) is 11.6 Å². The van der Waals surface area contributed by atoms with E-state index >= 15 is 0 Å². The Balaban J connectivity index is 1.60. The van der Waals surface area contributed by atoms with E-state index in [0.717, 1.165) is 4.90 Å². The molecular weight excluding hydrogens is 831 g/mol. The molecule has 4 rings (SSSR count). The molecule has 1 aromatic carbocycles. The summed E-state index contributed by atoms with van der Waals surface area (Å²) in [6.45, 7) is 7.18. The smallest absolute Gasteiger partial charge is 0.344 e. The van der Waals surface area contributed by atoms with Gasteiger partial charge in [0, 0.05) is 45.7 Å². The molecule has 18 heteroatoms. The molecule has 0 aromatic heterocycles. The van der Waals surface area contributed by atoms with Crippen molar-refractivity contribution in [1.29, 1.82) is 0 Å². The first-order valence-electron chi connectivity index (χ1n) is 21.9. The van der Waals surface area contributed by atoms with E-state index in [-0.39, 0.29) is 82.7 Å². The van der Waals surface area contributed by atoms with Crippen molar-refractivity contribution in [3.63, 3.8) is 0 Å². The number of hydrogen-bond acceptors (Lipinski definition) is 7. The van der Waals surface area contributed by atoms with E-state index in [1.165, 1.54) is 35.7 Å². The maximum Gasteiger partial charge on any atom is 0.403 e. The Morgan fingerprint density at radius 3 is 2.18 bits per heavy atom. The molecule has 1 saturated carbocycles. The third-order valence-corrected chi connectivity index (χ3v) is 12.9. The third-order valence-electron chi connectivity index (χ3n) is 12.7. The Morgan fingerprint density at radius 1 is 0.903 bits per heavy atom. The second-order valence-electron chi connectivity index (χ2n) is 17.7. The first-order chi connectivity index (χ1) is 29.1. The van der Waals surface area contributed by atoms with Gasteiger partial charge < -0.3 is 35.6 Å². The maximum atomic E-state index is 14.5. The van der Waals surface area contributed by atoms with Crippen molar-refractivity contribution in [3.8, 4) is 0 Å². The summed E-state index contributed by atoms with van der Waals surface area (Å²) < 4.78 is 43.5. The van der Waals surface area contributed by atoms with Gasteiger partial charge in [-0.1, -0.05) is 63.8 Å². The Hall–Kier alpha value is -4.41. The van der Waals surface area contributed by atoms with Gasteiger partial charge in [-0.2, -0.15) is 13.2 Å². The molecule has 346 valence electrons. The van der Waals surface area contributed by atoms with Crippen LogP contribution >= 0.6 is 11.6 Å². The number of benzene rings is 1. The number of carbonyl (C=O) groups is 7. The lowest BCUT2D eigenvalue weighted by Gasteiger charge is -2.41. The van der Waals surface area contributed by atoms with Crippen LogP contribution in [0, 0.1) is 11.3 Å². The number of nitrogens with zero attached hydrogens (tertiary/aromatic N) is 4. The molecule has 0 spiro atoms. The average molecular weight is 896 g/mol. The lowest BCUT2D eigenvalue weighted by Crippen LogP contribution is -2.60. The molecule has 3 N–H and O–H groups in total. The van der Waals surface area contributed by atoms with Gasteiger partial charge in [-0.3, -0.25) is 33.6 Å². The zero-order chi connectivity index (χ0) is 46.1. The molecule has 0 bridgehead atoms. The predicted octanol–water partition coefficient (Wildman–Crippen LogP) is 4.61. The van der Waals surface area contributed by atoms with Crippen molar-refractivity contribution in [3.05, 3.63) is 34.9 Å². The standard InChI is InChI=1S/C44H65ClF3N7O7/c1-8-31-40(60)52(5)22-13-10-18-33(36(56)51-32(24-27(2)3)41(61)54(7)35(38(58)50-31)26-29-16-14-17-30(45)25-29)53(6)39(59)28(4)49-37(57)34-19-15-23-55(34)42(62)43(44(46,47)48)20-11-9-12-21-43/h14,16-17,25,27-28,31-35H,8-13,15,18-24,26H2,1-7H3,(H,49,57)(H,50,58)(H,51,56)/t28-,31+,32-,33-,34-,35-/m0/s1. The Morgan fingerprint density at radius 2 is 1.56 bits per heavy atom. The topological polar surface area (TPSA) is 169 Å². The summed E-state index contributed by atoms with van der Waals surface area (Å²) in [6.07, 6.45) is -2.49. The van der Waals surface area contributed by atoms with Crippen LogP contribution in [-0.2, 0) is 40.0 Å². The van der Waals surface area contributed by atoms with E-state index in [9.17, 15) is 46.7 Å². The van der Waals surface area contributed by atoms with Gasteiger partial charge in [-0.05, 0) is 88.3 Å². The molecule has 7 amide bonds. The summed E-state index contributed by atoms with van der Waals surface area (Å²) in [5.41, 5.74) is -1.89. The van der Waals surface area contributed by atoms with Crippen molar-refractivity contribution in [1.82, 2.24) is 35.6 Å². The lowest BCUT2D eigenvalue weighted by molar-refractivity contribution is -0.236. The van der Waals surface area contributed by atoms with Crippen LogP contribution in [0.3, 0.4) is 0 Å². The molecule has 2 aliphatic heterocycles. The van der Waals surface area contributed by atoms with Gasteiger partial charge in [0.25, 0.3) is 0 Å². The van der Waals surface area contributed by atoms with Gasteiger partial charge in [0.05, 0.1) is 0 Å². The highest BCUT2D eigenvalue weighted by molar-refractivity contribution is 6.30. The number of nitrogens with one attached hydrogen (secondary N) is 3. The van der Waals surface area contributed by atoms with E-state index < -0.39 is 83.3 Å². The predicted molar refractivity (Wildman–Crippen MR) is 227 cm³/mol. The van der Waals surface area contributed by atoms with Crippen LogP contribution in [0.1, 0.15) is 110 Å². The van der Waals surface area contributed by atoms with E-state index in [1.54, 1.807) is 38.2 Å². The number of rotatable bonds is 10. The first-order valence-corrected chi connectivity index (χ1v) is 22.3. The number of hydrogen-bond donors (Lipinski definition) is 3. The summed E-state index contributed by atoms with van der Waals surface area (Å²) in [6, 6.07) is 0.148. The first kappa shape index (κ1) is 50.2. The van der Waals surface area contributed by atoms with Crippen LogP contribution in [0.15, 0.2) is 24.3 Å². The fourth-order valence-electron chi connectivity index (χ4n) is 8.98. The van der Waals surface area contributed by atoms with Gasteiger partial charge in [-0.25, -0.2) is 0 Å². The highest BCUT2D eigenvalue weighted by atomic mass is 35.5. The van der Waals surface area contributed by atoms with Gasteiger partial charge in [0.15, 0.2) is 0 Å². The SMILES string of the molecule is CC[C@H]1NC(=O)[C@H](Cc2cccc(Cl)c2)N(C)C(=O)[C@H](CC(C)C)NC(=O)[C@@H](N(C)C(=O)[C@H](C)NC(=O)[C@@H]2CCCN2C(=O)C2(C(F)(F)F)CCCCC2)CCCCN(C)C1=O. The van der Waals surface area contributed by atoms with E-state index in [0.29, 0.717) is 36.3 Å². The number of amides is 7. The molecule has 0 unspecified atom stereocenters. The minimum Gasteiger partial charge on any atom is -0.344 e. The lowest BCUT2D eigenvalue weighted by atomic mass is 9.72. The Labute approximate surface area is 368 Å². The Bertz CT molecular complexity index is 1790. The highest BCUT2D eigenvalue weighted by Gasteiger charge is 2.62. The third kappa shape index (κ3) is 12.0. The van der Waals surface area contributed by atoms with E-state index in [1.807, 2.05) is 13.8 Å². The number of carbonyl (C=O) groups excluding carboxylic acids is 7. The zero-order valence-electron chi connectivity index (χ0n) is 37.1. The molecule has 0 radical (unpaired) electrons. The summed E-state index contributed by atoms with van der Waals surface area (Å²) in [5, 5.41) is 8.75. The maximum absolute atomic E-state index is 14.5. The van der Waals surface area contributed by atoms with Crippen molar-refractivity contribution in [2.24, 2.45) is 11.3 Å². The monoisotopic (exact) mass is 895 g/mol. The second kappa shape index (κ2) is 21.8. The van der Waals surface area contributed by atoms with Crippen LogP contribution in [0.25, 0.3) is 0 Å². The van der Waals surface area contributed by atoms with Crippen molar-refractivity contribution in [2.75, 3.05) is 34.2 Å². The summed E-state index contributed by atoms with van der Waals surface area (Å²) >= 11 is 6.27. The van der Waals surface area contributed by atoms with E-state index in [2.05, 4.69) is 16.0 Å². The minimum atomic E-state index is -4.78. The van der Waals surface area contributed by atoms with Crippen LogP contribution in [0.5, 0.6) is 0 Å². The molecule has 3 fully saturated rings. The number of alkyl halides is 3. The highest BCUT2D eigenvalue weighted by Crippen LogP contribution is 2.51. The van der Waals surface area contributed by atoms with Crippen LogP contribution in [0.4, 0.5) is 13.2 Å². The van der Waals surface area contributed by atoms with Crippen molar-refractivity contribution in [2.45, 2.75) is 154 Å². The zero-order valence-corrected chi connectivity index (χ0v) is 37.9.